The van der Waals surface area contributed by atoms with Gasteiger partial charge in [0.1, 0.15) is 0 Å². The topological polar surface area (TPSA) is 104 Å². The molecule has 0 aromatic heterocycles. The molecule has 4 heteroatoms. The molecular formula is C19H44N4. The zero-order chi connectivity index (χ0) is 18.3. The summed E-state index contributed by atoms with van der Waals surface area (Å²) in [7, 11) is 0. The van der Waals surface area contributed by atoms with Crippen LogP contribution in [0.5, 0.6) is 0 Å². The second-order valence-corrected chi connectivity index (χ2v) is 9.53. The van der Waals surface area contributed by atoms with E-state index in [1.54, 1.807) is 0 Å². The lowest BCUT2D eigenvalue weighted by atomic mass is 9.63. The van der Waals surface area contributed by atoms with Crippen molar-refractivity contribution in [2.45, 2.75) is 91.6 Å². The Morgan fingerprint density at radius 3 is 2.04 bits per heavy atom. The van der Waals surface area contributed by atoms with Crippen LogP contribution in [0, 0.1) is 16.7 Å². The van der Waals surface area contributed by atoms with Crippen molar-refractivity contribution in [3.8, 4) is 0 Å². The third kappa shape index (κ3) is 9.65. The Hall–Kier alpha value is -0.160. The van der Waals surface area contributed by atoms with Crippen LogP contribution in [-0.2, 0) is 0 Å². The Kier molecular flexibility index (Phi) is 9.29. The van der Waals surface area contributed by atoms with Crippen LogP contribution in [0.15, 0.2) is 0 Å². The van der Waals surface area contributed by atoms with Crippen LogP contribution in [0.1, 0.15) is 80.1 Å². The van der Waals surface area contributed by atoms with Crippen LogP contribution in [0.4, 0.5) is 0 Å². The largest absolute Gasteiger partial charge is 0.330 e. The van der Waals surface area contributed by atoms with Gasteiger partial charge in [0, 0.05) is 11.6 Å². The summed E-state index contributed by atoms with van der Waals surface area (Å²) in [6, 6.07) is 0.349. The van der Waals surface area contributed by atoms with Gasteiger partial charge < -0.3 is 22.9 Å². The molecule has 1 aliphatic carbocycles. The molecule has 0 amide bonds. The van der Waals surface area contributed by atoms with E-state index in [4.69, 9.17) is 22.9 Å². The van der Waals surface area contributed by atoms with Crippen molar-refractivity contribution in [1.82, 2.24) is 0 Å². The van der Waals surface area contributed by atoms with Crippen LogP contribution in [-0.4, -0.2) is 24.7 Å². The van der Waals surface area contributed by atoms with Crippen LogP contribution >= 0.6 is 0 Å². The van der Waals surface area contributed by atoms with Crippen molar-refractivity contribution in [3.63, 3.8) is 0 Å². The standard InChI is InChI=1S/C10H22N2.C9H22N2/c1-9(2)4-8(12)5-10(3,6-9)7-11;1-8(9(2,3)11)6-4-5-7-10/h8H,4-7,11-12H2,1-3H3;8H,4-7,10-11H2,1-3H3. The molecule has 8 N–H and O–H groups in total. The molecule has 0 aliphatic heterocycles. The van der Waals surface area contributed by atoms with Crippen molar-refractivity contribution in [3.05, 3.63) is 0 Å². The lowest BCUT2D eigenvalue weighted by molar-refractivity contribution is 0.0904. The second-order valence-electron chi connectivity index (χ2n) is 9.53. The minimum absolute atomic E-state index is 0.0331. The summed E-state index contributed by atoms with van der Waals surface area (Å²) in [6.45, 7) is 14.8. The summed E-state index contributed by atoms with van der Waals surface area (Å²) in [5, 5.41) is 0. The summed E-state index contributed by atoms with van der Waals surface area (Å²) >= 11 is 0. The van der Waals surface area contributed by atoms with E-state index in [1.165, 1.54) is 19.3 Å². The first-order valence-corrected chi connectivity index (χ1v) is 9.30. The van der Waals surface area contributed by atoms with Crippen molar-refractivity contribution < 1.29 is 0 Å². The molecule has 0 aromatic rings. The third-order valence-electron chi connectivity index (χ3n) is 5.33. The molecule has 0 bridgehead atoms. The minimum Gasteiger partial charge on any atom is -0.330 e. The highest BCUT2D eigenvalue weighted by Crippen LogP contribution is 2.44. The number of rotatable bonds is 6. The van der Waals surface area contributed by atoms with E-state index in [9.17, 15) is 0 Å². The fraction of sp³-hybridized carbons (Fsp3) is 1.00. The van der Waals surface area contributed by atoms with E-state index in [2.05, 4.69) is 41.5 Å². The number of nitrogens with two attached hydrogens (primary N) is 4. The monoisotopic (exact) mass is 328 g/mol. The van der Waals surface area contributed by atoms with Crippen LogP contribution in [0.3, 0.4) is 0 Å². The van der Waals surface area contributed by atoms with E-state index in [-0.39, 0.29) is 11.0 Å². The van der Waals surface area contributed by atoms with Gasteiger partial charge in [0.15, 0.2) is 0 Å². The van der Waals surface area contributed by atoms with Crippen LogP contribution < -0.4 is 22.9 Å². The van der Waals surface area contributed by atoms with Crippen LogP contribution in [0.2, 0.25) is 0 Å². The summed E-state index contributed by atoms with van der Waals surface area (Å²) in [5.74, 6) is 0.592. The zero-order valence-electron chi connectivity index (χ0n) is 16.6. The van der Waals surface area contributed by atoms with Crippen LogP contribution in [0.25, 0.3) is 0 Å². The maximum atomic E-state index is 6.01. The summed E-state index contributed by atoms with van der Waals surface area (Å²) < 4.78 is 0. The second kappa shape index (κ2) is 9.36. The van der Waals surface area contributed by atoms with Gasteiger partial charge in [-0.3, -0.25) is 0 Å². The van der Waals surface area contributed by atoms with Gasteiger partial charge in [-0.25, -0.2) is 0 Å². The molecule has 1 aliphatic rings. The molecule has 1 saturated carbocycles. The Morgan fingerprint density at radius 1 is 1.09 bits per heavy atom. The highest BCUT2D eigenvalue weighted by Gasteiger charge is 2.38. The third-order valence-corrected chi connectivity index (χ3v) is 5.33. The van der Waals surface area contributed by atoms with Crippen molar-refractivity contribution >= 4 is 0 Å². The van der Waals surface area contributed by atoms with Gasteiger partial charge in [-0.2, -0.15) is 0 Å². The van der Waals surface area contributed by atoms with Gasteiger partial charge in [-0.05, 0) is 75.8 Å². The summed E-state index contributed by atoms with van der Waals surface area (Å²) in [6.07, 6.45) is 6.97. The molecule has 3 unspecified atom stereocenters. The molecule has 0 aromatic carbocycles. The molecule has 1 rings (SSSR count). The van der Waals surface area contributed by atoms with Gasteiger partial charge >= 0.3 is 0 Å². The Balaban J connectivity index is 0.000000423. The highest BCUT2D eigenvalue weighted by molar-refractivity contribution is 4.93. The molecule has 0 heterocycles. The first-order chi connectivity index (χ1) is 10.4. The van der Waals surface area contributed by atoms with E-state index >= 15 is 0 Å². The number of hydrogen-bond acceptors (Lipinski definition) is 4. The first-order valence-electron chi connectivity index (χ1n) is 9.30. The van der Waals surface area contributed by atoms with Crippen molar-refractivity contribution in [2.24, 2.45) is 39.7 Å². The fourth-order valence-electron chi connectivity index (χ4n) is 3.84. The first kappa shape index (κ1) is 22.8. The molecular weight excluding hydrogens is 284 g/mol. The van der Waals surface area contributed by atoms with E-state index in [0.29, 0.717) is 17.4 Å². The lowest BCUT2D eigenvalue weighted by Crippen LogP contribution is -2.45. The molecule has 140 valence electrons. The van der Waals surface area contributed by atoms with Gasteiger partial charge in [0.2, 0.25) is 0 Å². The SMILES string of the molecule is CC(CCCCN)C(C)(C)N.CC1(C)CC(N)CC(C)(CN)C1. The maximum Gasteiger partial charge on any atom is 0.0123 e. The van der Waals surface area contributed by atoms with Crippen molar-refractivity contribution in [1.29, 1.82) is 0 Å². The highest BCUT2D eigenvalue weighted by atomic mass is 14.7. The molecule has 23 heavy (non-hydrogen) atoms. The Morgan fingerprint density at radius 2 is 1.65 bits per heavy atom. The average Bonchev–Trinajstić information content (AvgIpc) is 2.35. The average molecular weight is 329 g/mol. The van der Waals surface area contributed by atoms with Crippen molar-refractivity contribution in [2.75, 3.05) is 13.1 Å². The van der Waals surface area contributed by atoms with Gasteiger partial charge in [-0.1, -0.05) is 34.1 Å². The summed E-state index contributed by atoms with van der Waals surface area (Å²) in [5.41, 5.74) is 23.7. The molecule has 1 fully saturated rings. The summed E-state index contributed by atoms with van der Waals surface area (Å²) in [4.78, 5) is 0. The smallest absolute Gasteiger partial charge is 0.0123 e. The van der Waals surface area contributed by atoms with E-state index in [0.717, 1.165) is 32.4 Å². The fourth-order valence-corrected chi connectivity index (χ4v) is 3.84. The molecule has 0 spiro atoms. The molecule has 0 radical (unpaired) electrons. The Bertz CT molecular complexity index is 322. The van der Waals surface area contributed by atoms with E-state index < -0.39 is 0 Å². The number of unbranched alkanes of at least 4 members (excludes halogenated alkanes) is 1. The minimum atomic E-state index is -0.0331. The lowest BCUT2D eigenvalue weighted by Gasteiger charge is -2.45. The zero-order valence-corrected chi connectivity index (χ0v) is 16.6. The quantitative estimate of drug-likeness (QED) is 0.563. The number of hydrogen-bond donors (Lipinski definition) is 4. The van der Waals surface area contributed by atoms with Gasteiger partial charge in [0.25, 0.3) is 0 Å². The molecule has 4 nitrogen and oxygen atoms in total. The maximum absolute atomic E-state index is 6.01. The normalized spacial score (nSPS) is 28.7. The Labute approximate surface area is 145 Å². The predicted octanol–water partition coefficient (Wildman–Crippen LogP) is 2.98. The molecule has 0 saturated heterocycles. The van der Waals surface area contributed by atoms with Gasteiger partial charge in [-0.15, -0.1) is 0 Å². The van der Waals surface area contributed by atoms with Gasteiger partial charge in [0.05, 0.1) is 0 Å². The predicted molar refractivity (Wildman–Crippen MR) is 103 cm³/mol. The van der Waals surface area contributed by atoms with E-state index in [1.807, 2.05) is 0 Å². The molecule has 3 atom stereocenters.